The maximum absolute atomic E-state index is 5.83. The van der Waals surface area contributed by atoms with Gasteiger partial charge in [-0.3, -0.25) is 4.90 Å². The van der Waals surface area contributed by atoms with Gasteiger partial charge in [0.15, 0.2) is 0 Å². The number of rotatable bonds is 7. The van der Waals surface area contributed by atoms with Crippen LogP contribution in [0.5, 0.6) is 0 Å². The number of nitrogens with two attached hydrogens (primary N) is 1. The summed E-state index contributed by atoms with van der Waals surface area (Å²) in [7, 11) is 0. The van der Waals surface area contributed by atoms with E-state index in [0.717, 1.165) is 19.0 Å². The predicted molar refractivity (Wildman–Crippen MR) is 107 cm³/mol. The first-order chi connectivity index (χ1) is 12.2. The van der Waals surface area contributed by atoms with Crippen molar-refractivity contribution in [1.82, 2.24) is 4.90 Å². The lowest BCUT2D eigenvalue weighted by Gasteiger charge is -2.31. The highest BCUT2D eigenvalue weighted by atomic mass is 15.1. The maximum atomic E-state index is 5.83. The summed E-state index contributed by atoms with van der Waals surface area (Å²) < 4.78 is 0. The SMILES string of the molecule is CC1=CC=C(CN(Cc2cccc(CN)c2)CC2CCCCC2)CC1. The lowest BCUT2D eigenvalue weighted by molar-refractivity contribution is 0.205. The summed E-state index contributed by atoms with van der Waals surface area (Å²) in [4.78, 5) is 2.69. The highest BCUT2D eigenvalue weighted by Gasteiger charge is 2.19. The van der Waals surface area contributed by atoms with E-state index in [1.807, 2.05) is 0 Å². The molecule has 2 N–H and O–H groups in total. The van der Waals surface area contributed by atoms with Gasteiger partial charge in [0, 0.05) is 26.2 Å². The van der Waals surface area contributed by atoms with Crippen LogP contribution in [0.4, 0.5) is 0 Å². The van der Waals surface area contributed by atoms with Crippen molar-refractivity contribution in [3.05, 3.63) is 58.7 Å². The summed E-state index contributed by atoms with van der Waals surface area (Å²) in [5, 5.41) is 0. The van der Waals surface area contributed by atoms with Crippen LogP contribution in [0.1, 0.15) is 63.0 Å². The molecule has 0 bridgehead atoms. The van der Waals surface area contributed by atoms with Crippen molar-refractivity contribution >= 4 is 0 Å². The van der Waals surface area contributed by atoms with Crippen molar-refractivity contribution in [3.8, 4) is 0 Å². The molecular formula is C23H34N2. The van der Waals surface area contributed by atoms with Gasteiger partial charge in [0.05, 0.1) is 0 Å². The van der Waals surface area contributed by atoms with Crippen molar-refractivity contribution < 1.29 is 0 Å². The van der Waals surface area contributed by atoms with Crippen molar-refractivity contribution in [2.24, 2.45) is 11.7 Å². The molecule has 0 radical (unpaired) electrons. The van der Waals surface area contributed by atoms with Crippen LogP contribution < -0.4 is 5.73 Å². The van der Waals surface area contributed by atoms with E-state index in [-0.39, 0.29) is 0 Å². The zero-order valence-electron chi connectivity index (χ0n) is 15.8. The van der Waals surface area contributed by atoms with Gasteiger partial charge in [0.2, 0.25) is 0 Å². The summed E-state index contributed by atoms with van der Waals surface area (Å²) >= 11 is 0. The quantitative estimate of drug-likeness (QED) is 0.741. The average Bonchev–Trinajstić information content (AvgIpc) is 2.64. The number of benzene rings is 1. The van der Waals surface area contributed by atoms with Gasteiger partial charge in [0.1, 0.15) is 0 Å². The molecule has 2 aliphatic rings. The van der Waals surface area contributed by atoms with Gasteiger partial charge in [-0.1, -0.05) is 66.8 Å². The highest BCUT2D eigenvalue weighted by molar-refractivity contribution is 5.25. The Hall–Kier alpha value is -1.38. The van der Waals surface area contributed by atoms with Crippen LogP contribution in [-0.2, 0) is 13.1 Å². The Bertz CT molecular complexity index is 608. The molecule has 1 saturated carbocycles. The first kappa shape index (κ1) is 18.4. The van der Waals surface area contributed by atoms with Crippen LogP contribution in [0.15, 0.2) is 47.6 Å². The van der Waals surface area contributed by atoms with E-state index in [2.05, 4.69) is 48.2 Å². The number of allylic oxidation sites excluding steroid dienone is 3. The van der Waals surface area contributed by atoms with Crippen LogP contribution in [0.3, 0.4) is 0 Å². The molecule has 25 heavy (non-hydrogen) atoms. The Morgan fingerprint density at radius 2 is 1.80 bits per heavy atom. The largest absolute Gasteiger partial charge is 0.326 e. The third kappa shape index (κ3) is 5.83. The number of hydrogen-bond acceptors (Lipinski definition) is 2. The molecule has 1 aromatic rings. The van der Waals surface area contributed by atoms with Gasteiger partial charge in [-0.2, -0.15) is 0 Å². The normalized spacial score (nSPS) is 19.0. The summed E-state index contributed by atoms with van der Waals surface area (Å²) in [6.45, 7) is 6.28. The first-order valence-corrected chi connectivity index (χ1v) is 10.1. The summed E-state index contributed by atoms with van der Waals surface area (Å²) in [6, 6.07) is 8.83. The fourth-order valence-electron chi connectivity index (χ4n) is 4.24. The van der Waals surface area contributed by atoms with E-state index in [9.17, 15) is 0 Å². The van der Waals surface area contributed by atoms with E-state index in [1.54, 1.807) is 5.57 Å². The second kappa shape index (κ2) is 9.35. The Kier molecular flexibility index (Phi) is 6.89. The molecule has 2 nitrogen and oxygen atoms in total. The monoisotopic (exact) mass is 338 g/mol. The maximum Gasteiger partial charge on any atom is 0.0237 e. The van der Waals surface area contributed by atoms with Crippen molar-refractivity contribution in [1.29, 1.82) is 0 Å². The molecule has 0 spiro atoms. The fraction of sp³-hybridized carbons (Fsp3) is 0.565. The highest BCUT2D eigenvalue weighted by Crippen LogP contribution is 2.26. The smallest absolute Gasteiger partial charge is 0.0237 e. The standard InChI is InChI=1S/C23H34N2/c1-19-10-12-21(13-11-19)17-25(16-20-6-3-2-4-7-20)18-23-9-5-8-22(14-23)15-24/h5,8-10,12,14,20H,2-4,6-7,11,13,15-18,24H2,1H3. The molecule has 0 heterocycles. The second-order valence-corrected chi connectivity index (χ2v) is 8.04. The van der Waals surface area contributed by atoms with Crippen LogP contribution in [0.25, 0.3) is 0 Å². The molecule has 0 aromatic heterocycles. The Morgan fingerprint density at radius 3 is 2.52 bits per heavy atom. The third-order valence-corrected chi connectivity index (χ3v) is 5.75. The van der Waals surface area contributed by atoms with Gasteiger partial charge in [-0.05, 0) is 49.7 Å². The first-order valence-electron chi connectivity index (χ1n) is 10.1. The topological polar surface area (TPSA) is 29.3 Å². The molecule has 1 aromatic carbocycles. The van der Waals surface area contributed by atoms with Crippen LogP contribution in [0, 0.1) is 5.92 Å². The molecule has 0 unspecified atom stereocenters. The summed E-state index contributed by atoms with van der Waals surface area (Å²) in [6.07, 6.45) is 14.2. The third-order valence-electron chi connectivity index (χ3n) is 5.75. The molecule has 0 amide bonds. The van der Waals surface area contributed by atoms with Crippen molar-refractivity contribution in [2.75, 3.05) is 13.1 Å². The minimum Gasteiger partial charge on any atom is -0.326 e. The van der Waals surface area contributed by atoms with Crippen LogP contribution in [0.2, 0.25) is 0 Å². The summed E-state index contributed by atoms with van der Waals surface area (Å²) in [5.74, 6) is 0.882. The van der Waals surface area contributed by atoms with Crippen LogP contribution >= 0.6 is 0 Å². The fourth-order valence-corrected chi connectivity index (χ4v) is 4.24. The molecule has 2 heteroatoms. The van der Waals surface area contributed by atoms with E-state index >= 15 is 0 Å². The Balaban J connectivity index is 1.68. The molecule has 0 saturated heterocycles. The second-order valence-electron chi connectivity index (χ2n) is 8.04. The van der Waals surface area contributed by atoms with E-state index < -0.39 is 0 Å². The lowest BCUT2D eigenvalue weighted by Crippen LogP contribution is -2.32. The lowest BCUT2D eigenvalue weighted by atomic mass is 9.88. The summed E-state index contributed by atoms with van der Waals surface area (Å²) in [5.41, 5.74) is 11.6. The molecule has 3 rings (SSSR count). The zero-order valence-corrected chi connectivity index (χ0v) is 15.8. The molecule has 0 aliphatic heterocycles. The van der Waals surface area contributed by atoms with Crippen molar-refractivity contribution in [2.45, 2.75) is 65.0 Å². The van der Waals surface area contributed by atoms with E-state index in [4.69, 9.17) is 5.73 Å². The molecule has 0 atom stereocenters. The van der Waals surface area contributed by atoms with Gasteiger partial charge >= 0.3 is 0 Å². The van der Waals surface area contributed by atoms with Gasteiger partial charge < -0.3 is 5.73 Å². The van der Waals surface area contributed by atoms with Crippen LogP contribution in [-0.4, -0.2) is 18.0 Å². The minimum absolute atomic E-state index is 0.631. The Morgan fingerprint density at radius 1 is 1.00 bits per heavy atom. The molecule has 2 aliphatic carbocycles. The number of nitrogens with zero attached hydrogens (tertiary/aromatic N) is 1. The van der Waals surface area contributed by atoms with Gasteiger partial charge in [-0.15, -0.1) is 0 Å². The van der Waals surface area contributed by atoms with Gasteiger partial charge in [0.25, 0.3) is 0 Å². The van der Waals surface area contributed by atoms with E-state index in [0.29, 0.717) is 6.54 Å². The predicted octanol–water partition coefficient (Wildman–Crippen LogP) is 5.19. The molecule has 1 fully saturated rings. The zero-order chi connectivity index (χ0) is 17.5. The van der Waals surface area contributed by atoms with Gasteiger partial charge in [-0.25, -0.2) is 0 Å². The minimum atomic E-state index is 0.631. The van der Waals surface area contributed by atoms with Crippen molar-refractivity contribution in [3.63, 3.8) is 0 Å². The number of hydrogen-bond donors (Lipinski definition) is 1. The molecular weight excluding hydrogens is 304 g/mol. The average molecular weight is 339 g/mol. The Labute approximate surface area is 153 Å². The van der Waals surface area contributed by atoms with E-state index in [1.165, 1.54) is 68.2 Å². The molecule has 136 valence electrons.